The smallest absolute Gasteiger partial charge is 0.245 e. The Labute approximate surface area is 147 Å². The summed E-state index contributed by atoms with van der Waals surface area (Å²) < 4.78 is 32.5. The van der Waals surface area contributed by atoms with Crippen LogP contribution in [-0.4, -0.2) is 47.9 Å². The Balaban J connectivity index is 1.82. The molecule has 2 aromatic carbocycles. The van der Waals surface area contributed by atoms with Gasteiger partial charge in [0.15, 0.2) is 6.23 Å². The number of ether oxygens (including phenoxy) is 1. The molecule has 0 unspecified atom stereocenters. The van der Waals surface area contributed by atoms with Crippen molar-refractivity contribution >= 4 is 10.0 Å². The lowest BCUT2D eigenvalue weighted by Gasteiger charge is -2.49. The standard InChI is InChI=1S/C18H21NO5S/c1-13-7-9-15(10-8-13)25(22,23)19-16(11-20)17(21)18(19)24-12-14-5-3-2-4-6-14/h2-10,16-18,20-21H,11-12H2,1H3/t16-,17+,18-/m0/s1. The third-order valence-corrected chi connectivity index (χ3v) is 6.21. The van der Waals surface area contributed by atoms with Crippen molar-refractivity contribution in [3.8, 4) is 0 Å². The zero-order chi connectivity index (χ0) is 18.0. The predicted octanol–water partition coefficient (Wildman–Crippen LogP) is 1.26. The van der Waals surface area contributed by atoms with Crippen molar-refractivity contribution in [1.82, 2.24) is 4.31 Å². The van der Waals surface area contributed by atoms with Crippen LogP contribution in [0.4, 0.5) is 0 Å². The number of nitrogens with zero attached hydrogens (tertiary/aromatic N) is 1. The molecule has 0 saturated carbocycles. The highest BCUT2D eigenvalue weighted by atomic mass is 32.2. The lowest BCUT2D eigenvalue weighted by molar-refractivity contribution is -0.209. The van der Waals surface area contributed by atoms with Gasteiger partial charge in [-0.3, -0.25) is 0 Å². The van der Waals surface area contributed by atoms with Crippen LogP contribution in [-0.2, 0) is 21.4 Å². The second-order valence-electron chi connectivity index (χ2n) is 6.08. The molecule has 7 heteroatoms. The highest BCUT2D eigenvalue weighted by Crippen LogP contribution is 2.34. The summed E-state index contributed by atoms with van der Waals surface area (Å²) in [5.74, 6) is 0. The Morgan fingerprint density at radius 1 is 1.08 bits per heavy atom. The molecule has 0 aliphatic carbocycles. The van der Waals surface area contributed by atoms with Gasteiger partial charge in [-0.1, -0.05) is 48.0 Å². The molecule has 1 fully saturated rings. The highest BCUT2D eigenvalue weighted by molar-refractivity contribution is 7.89. The fraction of sp³-hybridized carbons (Fsp3) is 0.333. The molecule has 6 nitrogen and oxygen atoms in total. The van der Waals surface area contributed by atoms with Crippen molar-refractivity contribution in [2.75, 3.05) is 6.61 Å². The molecule has 3 rings (SSSR count). The normalized spacial score (nSPS) is 24.0. The number of aryl methyl sites for hydroxylation is 1. The van der Waals surface area contributed by atoms with Gasteiger partial charge in [0.2, 0.25) is 10.0 Å². The van der Waals surface area contributed by atoms with Gasteiger partial charge in [-0.05, 0) is 24.6 Å². The van der Waals surface area contributed by atoms with E-state index in [1.54, 1.807) is 12.1 Å². The Morgan fingerprint density at radius 2 is 1.72 bits per heavy atom. The molecule has 1 heterocycles. The van der Waals surface area contributed by atoms with Crippen molar-refractivity contribution < 1.29 is 23.4 Å². The summed E-state index contributed by atoms with van der Waals surface area (Å²) >= 11 is 0. The largest absolute Gasteiger partial charge is 0.395 e. The lowest BCUT2D eigenvalue weighted by atomic mass is 10.0. The fourth-order valence-electron chi connectivity index (χ4n) is 2.84. The van der Waals surface area contributed by atoms with E-state index in [1.807, 2.05) is 37.3 Å². The SMILES string of the molecule is Cc1ccc(S(=O)(=O)N2[C@@H](CO)[C@@H](O)[C@@H]2OCc2ccccc2)cc1. The van der Waals surface area contributed by atoms with Gasteiger partial charge in [0.25, 0.3) is 0 Å². The zero-order valence-corrected chi connectivity index (χ0v) is 14.6. The van der Waals surface area contributed by atoms with Crippen molar-refractivity contribution in [3.05, 3.63) is 65.7 Å². The number of benzene rings is 2. The van der Waals surface area contributed by atoms with Crippen molar-refractivity contribution in [3.63, 3.8) is 0 Å². The predicted molar refractivity (Wildman–Crippen MR) is 92.1 cm³/mol. The van der Waals surface area contributed by atoms with Crippen LogP contribution in [0, 0.1) is 6.92 Å². The van der Waals surface area contributed by atoms with Crippen LogP contribution in [0.15, 0.2) is 59.5 Å². The second kappa shape index (κ2) is 7.23. The Morgan fingerprint density at radius 3 is 2.32 bits per heavy atom. The third-order valence-electron chi connectivity index (χ3n) is 4.31. The van der Waals surface area contributed by atoms with Crippen LogP contribution < -0.4 is 0 Å². The minimum absolute atomic E-state index is 0.108. The van der Waals surface area contributed by atoms with Crippen molar-refractivity contribution in [2.24, 2.45) is 0 Å². The topological polar surface area (TPSA) is 87.1 Å². The number of aliphatic hydroxyl groups excluding tert-OH is 2. The summed E-state index contributed by atoms with van der Waals surface area (Å²) in [6.07, 6.45) is -2.10. The molecule has 0 spiro atoms. The maximum absolute atomic E-state index is 12.9. The summed E-state index contributed by atoms with van der Waals surface area (Å²) in [5.41, 5.74) is 1.81. The molecule has 1 saturated heterocycles. The molecule has 1 aliphatic rings. The highest BCUT2D eigenvalue weighted by Gasteiger charge is 2.54. The first-order valence-electron chi connectivity index (χ1n) is 8.00. The monoisotopic (exact) mass is 363 g/mol. The number of rotatable bonds is 6. The Bertz CT molecular complexity index is 807. The van der Waals surface area contributed by atoms with E-state index in [1.165, 1.54) is 12.1 Å². The van der Waals surface area contributed by atoms with Gasteiger partial charge in [0, 0.05) is 0 Å². The molecule has 3 atom stereocenters. The molecule has 0 bridgehead atoms. The van der Waals surface area contributed by atoms with Gasteiger partial charge in [0.05, 0.1) is 24.2 Å². The quantitative estimate of drug-likeness (QED) is 0.807. The molecule has 0 amide bonds. The van der Waals surface area contributed by atoms with Gasteiger partial charge < -0.3 is 14.9 Å². The summed E-state index contributed by atoms with van der Waals surface area (Å²) in [4.78, 5) is 0.108. The van der Waals surface area contributed by atoms with Crippen LogP contribution in [0.25, 0.3) is 0 Å². The Hall–Kier alpha value is -1.77. The number of sulfonamides is 1. The molecule has 0 aromatic heterocycles. The van der Waals surface area contributed by atoms with E-state index < -0.39 is 35.0 Å². The summed E-state index contributed by atoms with van der Waals surface area (Å²) in [6.45, 7) is 1.56. The molecule has 2 aromatic rings. The van der Waals surface area contributed by atoms with E-state index in [4.69, 9.17) is 4.74 Å². The van der Waals surface area contributed by atoms with Gasteiger partial charge in [-0.2, -0.15) is 4.31 Å². The van der Waals surface area contributed by atoms with E-state index in [0.717, 1.165) is 15.4 Å². The van der Waals surface area contributed by atoms with Gasteiger partial charge in [-0.25, -0.2) is 8.42 Å². The van der Waals surface area contributed by atoms with E-state index in [9.17, 15) is 18.6 Å². The van der Waals surface area contributed by atoms with Gasteiger partial charge in [0.1, 0.15) is 6.10 Å². The van der Waals surface area contributed by atoms with E-state index in [0.29, 0.717) is 0 Å². The van der Waals surface area contributed by atoms with E-state index >= 15 is 0 Å². The molecule has 0 radical (unpaired) electrons. The van der Waals surface area contributed by atoms with Crippen LogP contribution in [0.1, 0.15) is 11.1 Å². The minimum Gasteiger partial charge on any atom is -0.395 e. The fourth-order valence-corrected chi connectivity index (χ4v) is 4.57. The van der Waals surface area contributed by atoms with Gasteiger partial charge in [-0.15, -0.1) is 0 Å². The minimum atomic E-state index is -3.88. The van der Waals surface area contributed by atoms with Crippen LogP contribution in [0.5, 0.6) is 0 Å². The average molecular weight is 363 g/mol. The first-order chi connectivity index (χ1) is 11.9. The summed E-state index contributed by atoms with van der Waals surface area (Å²) in [6, 6.07) is 14.8. The molecule has 134 valence electrons. The second-order valence-corrected chi connectivity index (χ2v) is 7.92. The molecule has 25 heavy (non-hydrogen) atoms. The van der Waals surface area contributed by atoms with E-state index in [2.05, 4.69) is 0 Å². The van der Waals surface area contributed by atoms with E-state index in [-0.39, 0.29) is 11.5 Å². The lowest BCUT2D eigenvalue weighted by Crippen LogP contribution is -2.71. The molecule has 1 aliphatic heterocycles. The number of aliphatic hydroxyl groups is 2. The van der Waals surface area contributed by atoms with Crippen molar-refractivity contribution in [2.45, 2.75) is 36.8 Å². The van der Waals surface area contributed by atoms with Crippen LogP contribution in [0.3, 0.4) is 0 Å². The molecular weight excluding hydrogens is 342 g/mol. The Kier molecular flexibility index (Phi) is 5.21. The summed E-state index contributed by atoms with van der Waals surface area (Å²) in [7, 11) is -3.88. The first kappa shape index (κ1) is 18.0. The van der Waals surface area contributed by atoms with Crippen LogP contribution >= 0.6 is 0 Å². The molecule has 2 N–H and O–H groups in total. The molecular formula is C18H21NO5S. The van der Waals surface area contributed by atoms with Gasteiger partial charge >= 0.3 is 0 Å². The van der Waals surface area contributed by atoms with Crippen LogP contribution in [0.2, 0.25) is 0 Å². The summed E-state index contributed by atoms with van der Waals surface area (Å²) in [5, 5.41) is 19.6. The number of hydrogen-bond donors (Lipinski definition) is 2. The first-order valence-corrected chi connectivity index (χ1v) is 9.44. The maximum atomic E-state index is 12.9. The maximum Gasteiger partial charge on any atom is 0.245 e. The number of hydrogen-bond acceptors (Lipinski definition) is 5. The zero-order valence-electron chi connectivity index (χ0n) is 13.8. The van der Waals surface area contributed by atoms with Crippen molar-refractivity contribution in [1.29, 1.82) is 0 Å². The average Bonchev–Trinajstić information content (AvgIpc) is 2.61. The third kappa shape index (κ3) is 3.47.